The van der Waals surface area contributed by atoms with Crippen LogP contribution in [0.25, 0.3) is 0 Å². The van der Waals surface area contributed by atoms with Crippen molar-refractivity contribution >= 4 is 6.09 Å². The van der Waals surface area contributed by atoms with Crippen LogP contribution in [0.15, 0.2) is 0 Å². The van der Waals surface area contributed by atoms with Gasteiger partial charge < -0.3 is 4.74 Å². The van der Waals surface area contributed by atoms with Crippen molar-refractivity contribution in [1.82, 2.24) is 10.9 Å². The molecule has 112 valence electrons. The Bertz CT molecular complexity index is 284. The van der Waals surface area contributed by atoms with Crippen LogP contribution in [0.5, 0.6) is 0 Å². The van der Waals surface area contributed by atoms with Gasteiger partial charge in [0.05, 0.1) is 0 Å². The first-order valence-corrected chi connectivity index (χ1v) is 7.52. The largest absolute Gasteiger partial charge is 0.443 e. The first-order chi connectivity index (χ1) is 8.78. The first kappa shape index (κ1) is 16.3. The second-order valence-corrected chi connectivity index (χ2v) is 6.98. The molecule has 2 atom stereocenters. The number of carbonyl (C=O) groups excluding carboxylic acids is 1. The molecule has 0 heterocycles. The predicted octanol–water partition coefficient (Wildman–Crippen LogP) is 3.62. The Kier molecular flexibility index (Phi) is 6.11. The number of carbonyl (C=O) groups is 1. The highest BCUT2D eigenvalue weighted by Crippen LogP contribution is 2.28. The van der Waals surface area contributed by atoms with Crippen molar-refractivity contribution in [2.75, 3.05) is 0 Å². The highest BCUT2D eigenvalue weighted by atomic mass is 16.6. The number of ether oxygens (including phenoxy) is 1. The average Bonchev–Trinajstić information content (AvgIpc) is 2.49. The molecular formula is C15H30N2O2. The van der Waals surface area contributed by atoms with Gasteiger partial charge in [0.15, 0.2) is 0 Å². The van der Waals surface area contributed by atoms with E-state index in [1.54, 1.807) is 0 Å². The van der Waals surface area contributed by atoms with Gasteiger partial charge in [0.25, 0.3) is 0 Å². The zero-order chi connectivity index (χ0) is 14.5. The summed E-state index contributed by atoms with van der Waals surface area (Å²) in [6.07, 6.45) is 5.64. The molecule has 0 aromatic heterocycles. The van der Waals surface area contributed by atoms with Crippen molar-refractivity contribution in [2.45, 2.75) is 78.4 Å². The molecule has 0 aromatic rings. The molecule has 2 N–H and O–H groups in total. The van der Waals surface area contributed by atoms with Crippen molar-refractivity contribution < 1.29 is 9.53 Å². The number of nitrogens with one attached hydrogen (secondary N) is 2. The lowest BCUT2D eigenvalue weighted by molar-refractivity contribution is 0.0485. The Labute approximate surface area is 117 Å². The summed E-state index contributed by atoms with van der Waals surface area (Å²) >= 11 is 0. The van der Waals surface area contributed by atoms with E-state index in [1.165, 1.54) is 19.3 Å². The van der Waals surface area contributed by atoms with Gasteiger partial charge in [0, 0.05) is 6.04 Å². The van der Waals surface area contributed by atoms with E-state index >= 15 is 0 Å². The van der Waals surface area contributed by atoms with E-state index < -0.39 is 11.7 Å². The fourth-order valence-electron chi connectivity index (χ4n) is 2.61. The van der Waals surface area contributed by atoms with E-state index in [0.29, 0.717) is 6.04 Å². The molecule has 1 rings (SSSR count). The molecule has 0 aromatic carbocycles. The van der Waals surface area contributed by atoms with Gasteiger partial charge in [-0.15, -0.1) is 0 Å². The van der Waals surface area contributed by atoms with Crippen LogP contribution < -0.4 is 10.9 Å². The minimum absolute atomic E-state index is 0.372. The number of hydrazine groups is 1. The third-order valence-corrected chi connectivity index (χ3v) is 3.73. The smallest absolute Gasteiger partial charge is 0.422 e. The van der Waals surface area contributed by atoms with Crippen LogP contribution >= 0.6 is 0 Å². The molecule has 2 unspecified atom stereocenters. The summed E-state index contributed by atoms with van der Waals surface area (Å²) in [6.45, 7) is 10.2. The fraction of sp³-hybridized carbons (Fsp3) is 0.933. The molecule has 1 aliphatic rings. The van der Waals surface area contributed by atoms with Gasteiger partial charge in [-0.1, -0.05) is 26.7 Å². The molecular weight excluding hydrogens is 240 g/mol. The number of hydrogen-bond acceptors (Lipinski definition) is 3. The standard InChI is InChI=1S/C15H30N2O2/c1-11(2)12-7-6-8-13(10-9-12)16-17-14(18)19-15(3,4)5/h11-13,16H,6-10H2,1-5H3,(H,17,18). The minimum Gasteiger partial charge on any atom is -0.443 e. The summed E-state index contributed by atoms with van der Waals surface area (Å²) in [5.41, 5.74) is 5.34. The number of hydrogen-bond donors (Lipinski definition) is 2. The molecule has 1 fully saturated rings. The summed E-state index contributed by atoms with van der Waals surface area (Å²) in [5.74, 6) is 1.59. The van der Waals surface area contributed by atoms with Crippen LogP contribution in [-0.4, -0.2) is 17.7 Å². The van der Waals surface area contributed by atoms with Gasteiger partial charge in [-0.25, -0.2) is 10.2 Å². The summed E-state index contributed by atoms with van der Waals surface area (Å²) in [4.78, 5) is 11.6. The Hall–Kier alpha value is -0.770. The van der Waals surface area contributed by atoms with Crippen LogP contribution in [0.4, 0.5) is 4.79 Å². The van der Waals surface area contributed by atoms with Crippen LogP contribution in [0.1, 0.15) is 66.7 Å². The first-order valence-electron chi connectivity index (χ1n) is 7.52. The molecule has 1 amide bonds. The van der Waals surface area contributed by atoms with Crippen molar-refractivity contribution in [2.24, 2.45) is 11.8 Å². The van der Waals surface area contributed by atoms with E-state index in [-0.39, 0.29) is 0 Å². The second kappa shape index (κ2) is 7.13. The predicted molar refractivity (Wildman–Crippen MR) is 77.7 cm³/mol. The molecule has 4 heteroatoms. The minimum atomic E-state index is -0.446. The van der Waals surface area contributed by atoms with Crippen LogP contribution in [0.2, 0.25) is 0 Å². The van der Waals surface area contributed by atoms with Crippen molar-refractivity contribution in [3.63, 3.8) is 0 Å². The molecule has 4 nitrogen and oxygen atoms in total. The van der Waals surface area contributed by atoms with Crippen molar-refractivity contribution in [3.05, 3.63) is 0 Å². The molecule has 0 aliphatic heterocycles. The summed E-state index contributed by atoms with van der Waals surface area (Å²) in [7, 11) is 0. The zero-order valence-electron chi connectivity index (χ0n) is 13.1. The molecule has 0 bridgehead atoms. The van der Waals surface area contributed by atoms with Crippen molar-refractivity contribution in [3.8, 4) is 0 Å². The Morgan fingerprint density at radius 3 is 2.42 bits per heavy atom. The molecule has 0 radical (unpaired) electrons. The molecule has 0 spiro atoms. The van der Waals surface area contributed by atoms with Gasteiger partial charge in [-0.3, -0.25) is 5.43 Å². The van der Waals surface area contributed by atoms with E-state index in [2.05, 4.69) is 24.7 Å². The third kappa shape index (κ3) is 6.81. The Morgan fingerprint density at radius 2 is 1.84 bits per heavy atom. The van der Waals surface area contributed by atoms with Crippen LogP contribution in [0.3, 0.4) is 0 Å². The third-order valence-electron chi connectivity index (χ3n) is 3.73. The summed E-state index contributed by atoms with van der Waals surface area (Å²) in [5, 5.41) is 0. The average molecular weight is 270 g/mol. The van der Waals surface area contributed by atoms with Gasteiger partial charge >= 0.3 is 6.09 Å². The van der Waals surface area contributed by atoms with Crippen molar-refractivity contribution in [1.29, 1.82) is 0 Å². The lowest BCUT2D eigenvalue weighted by Crippen LogP contribution is -2.46. The number of rotatable bonds is 3. The number of amides is 1. The molecule has 1 saturated carbocycles. The second-order valence-electron chi connectivity index (χ2n) is 6.98. The maximum atomic E-state index is 11.6. The zero-order valence-corrected chi connectivity index (χ0v) is 13.1. The highest BCUT2D eigenvalue weighted by Gasteiger charge is 2.22. The monoisotopic (exact) mass is 270 g/mol. The fourth-order valence-corrected chi connectivity index (χ4v) is 2.61. The molecule has 1 aliphatic carbocycles. The van der Waals surface area contributed by atoms with Crippen LogP contribution in [-0.2, 0) is 4.74 Å². The lowest BCUT2D eigenvalue weighted by atomic mass is 9.89. The maximum absolute atomic E-state index is 11.6. The Morgan fingerprint density at radius 1 is 1.16 bits per heavy atom. The van der Waals surface area contributed by atoms with Crippen LogP contribution in [0, 0.1) is 11.8 Å². The maximum Gasteiger partial charge on any atom is 0.422 e. The highest BCUT2D eigenvalue weighted by molar-refractivity contribution is 5.67. The van der Waals surface area contributed by atoms with Gasteiger partial charge in [0.1, 0.15) is 5.60 Å². The molecule has 0 saturated heterocycles. The Balaban J connectivity index is 2.28. The summed E-state index contributed by atoms with van der Waals surface area (Å²) in [6, 6.07) is 0.372. The van der Waals surface area contributed by atoms with E-state index in [1.807, 2.05) is 20.8 Å². The normalized spacial score (nSPS) is 24.9. The van der Waals surface area contributed by atoms with Gasteiger partial charge in [-0.05, 0) is 51.9 Å². The van der Waals surface area contributed by atoms with Gasteiger partial charge in [-0.2, -0.15) is 0 Å². The van der Waals surface area contributed by atoms with Gasteiger partial charge in [0.2, 0.25) is 0 Å². The lowest BCUT2D eigenvalue weighted by Gasteiger charge is -2.22. The summed E-state index contributed by atoms with van der Waals surface area (Å²) < 4.78 is 5.21. The SMILES string of the molecule is CC(C)C1CCCC(NNC(=O)OC(C)(C)C)CC1. The van der Waals surface area contributed by atoms with E-state index in [4.69, 9.17) is 4.74 Å². The topological polar surface area (TPSA) is 50.4 Å². The quantitative estimate of drug-likeness (QED) is 0.608. The van der Waals surface area contributed by atoms with E-state index in [0.717, 1.165) is 24.7 Å². The molecule has 19 heavy (non-hydrogen) atoms. The van der Waals surface area contributed by atoms with E-state index in [9.17, 15) is 4.79 Å².